The molecule has 0 atom stereocenters. The lowest BCUT2D eigenvalue weighted by Gasteiger charge is -2.00. The van der Waals surface area contributed by atoms with E-state index in [1.165, 1.54) is 29.5 Å². The average Bonchev–Trinajstić information content (AvgIpc) is 3.13. The second-order valence-electron chi connectivity index (χ2n) is 6.06. The average molecular weight is 330 g/mol. The van der Waals surface area contributed by atoms with Crippen molar-refractivity contribution in [2.45, 2.75) is 32.6 Å². The maximum atomic E-state index is 3.26. The summed E-state index contributed by atoms with van der Waals surface area (Å²) in [6, 6.07) is 19.4. The van der Waals surface area contributed by atoms with Gasteiger partial charge in [0.15, 0.2) is 0 Å². The molecule has 0 fully saturated rings. The highest BCUT2D eigenvalue weighted by Gasteiger charge is 1.97. The second kappa shape index (κ2) is 8.52. The summed E-state index contributed by atoms with van der Waals surface area (Å²) in [4.78, 5) is 0. The first-order valence-corrected chi connectivity index (χ1v) is 9.49. The van der Waals surface area contributed by atoms with E-state index >= 15 is 0 Å². The maximum absolute atomic E-state index is 3.26. The van der Waals surface area contributed by atoms with Crippen LogP contribution in [-0.2, 0) is 12.8 Å². The summed E-state index contributed by atoms with van der Waals surface area (Å²) < 4.78 is 0. The van der Waals surface area contributed by atoms with Gasteiger partial charge < -0.3 is 0 Å². The quantitative estimate of drug-likeness (QED) is 0.497. The number of benzene rings is 2. The molecule has 1 aromatic heterocycles. The van der Waals surface area contributed by atoms with Gasteiger partial charge in [0.05, 0.1) is 0 Å². The molecule has 0 unspecified atom stereocenters. The third-order valence-corrected chi connectivity index (χ3v) is 4.80. The highest BCUT2D eigenvalue weighted by atomic mass is 32.1. The fraction of sp³-hybridized carbons (Fsp3) is 0.217. The number of hydrogen-bond donors (Lipinski definition) is 0. The Morgan fingerprint density at radius 2 is 1.38 bits per heavy atom. The Kier molecular flexibility index (Phi) is 5.88. The van der Waals surface area contributed by atoms with Gasteiger partial charge in [-0.05, 0) is 77.0 Å². The molecule has 3 aromatic rings. The fourth-order valence-corrected chi connectivity index (χ4v) is 3.28. The highest BCUT2D eigenvalue weighted by Crippen LogP contribution is 2.13. The highest BCUT2D eigenvalue weighted by molar-refractivity contribution is 7.07. The van der Waals surface area contributed by atoms with E-state index in [0.717, 1.165) is 24.0 Å². The Labute approximate surface area is 149 Å². The number of aryl methyl sites for hydroxylation is 1. The third-order valence-electron chi connectivity index (χ3n) is 4.07. The summed E-state index contributed by atoms with van der Waals surface area (Å²) >= 11 is 1.75. The second-order valence-corrected chi connectivity index (χ2v) is 6.84. The summed E-state index contributed by atoms with van der Waals surface area (Å²) in [5.74, 6) is 6.52. The smallest absolute Gasteiger partial charge is 0.0249 e. The van der Waals surface area contributed by atoms with Crippen molar-refractivity contribution >= 4 is 11.3 Å². The van der Waals surface area contributed by atoms with Crippen molar-refractivity contribution in [1.29, 1.82) is 0 Å². The van der Waals surface area contributed by atoms with Crippen LogP contribution in [0.4, 0.5) is 0 Å². The lowest BCUT2D eigenvalue weighted by Crippen LogP contribution is -1.86. The Hall–Kier alpha value is -2.30. The van der Waals surface area contributed by atoms with Crippen molar-refractivity contribution in [3.8, 4) is 11.8 Å². The van der Waals surface area contributed by atoms with Crippen LogP contribution >= 0.6 is 11.3 Å². The number of unbranched alkanes of at least 4 members (excludes halogenated alkanes) is 1. The van der Waals surface area contributed by atoms with Gasteiger partial charge in [-0.15, -0.1) is 0 Å². The zero-order valence-electron chi connectivity index (χ0n) is 14.1. The van der Waals surface area contributed by atoms with Crippen LogP contribution in [0.2, 0.25) is 0 Å². The van der Waals surface area contributed by atoms with Gasteiger partial charge in [-0.2, -0.15) is 11.3 Å². The molecule has 0 nitrogen and oxygen atoms in total. The van der Waals surface area contributed by atoms with Gasteiger partial charge in [-0.25, -0.2) is 0 Å². The molecule has 0 spiro atoms. The van der Waals surface area contributed by atoms with Crippen molar-refractivity contribution in [2.24, 2.45) is 0 Å². The standard InChI is InChI=1S/C23H22S/c1-2-3-4-19-5-7-20(8-6-19)9-10-21-11-13-22(14-12-21)17-23-15-16-24-18-23/h5-8,11-16,18H,2-4,17H2,1H3. The first kappa shape index (κ1) is 16.6. The molecule has 0 aliphatic heterocycles. The van der Waals surface area contributed by atoms with Crippen molar-refractivity contribution in [3.63, 3.8) is 0 Å². The molecule has 0 bridgehead atoms. The molecular weight excluding hydrogens is 308 g/mol. The van der Waals surface area contributed by atoms with Crippen LogP contribution < -0.4 is 0 Å². The van der Waals surface area contributed by atoms with Crippen LogP contribution in [0.5, 0.6) is 0 Å². The van der Waals surface area contributed by atoms with E-state index in [0.29, 0.717) is 0 Å². The Balaban J connectivity index is 1.62. The number of hydrogen-bond acceptors (Lipinski definition) is 1. The van der Waals surface area contributed by atoms with Gasteiger partial charge in [-0.1, -0.05) is 49.5 Å². The third kappa shape index (κ3) is 4.85. The number of thiophene rings is 1. The van der Waals surface area contributed by atoms with Crippen LogP contribution in [0.25, 0.3) is 0 Å². The minimum atomic E-state index is 0.996. The van der Waals surface area contributed by atoms with E-state index in [4.69, 9.17) is 0 Å². The summed E-state index contributed by atoms with van der Waals surface area (Å²) in [5.41, 5.74) is 6.26. The van der Waals surface area contributed by atoms with Crippen molar-refractivity contribution < 1.29 is 0 Å². The van der Waals surface area contributed by atoms with Gasteiger partial charge in [0, 0.05) is 11.1 Å². The molecule has 0 saturated heterocycles. The van der Waals surface area contributed by atoms with E-state index in [9.17, 15) is 0 Å². The molecule has 120 valence electrons. The van der Waals surface area contributed by atoms with Gasteiger partial charge in [0.25, 0.3) is 0 Å². The molecule has 0 saturated carbocycles. The minimum absolute atomic E-state index is 0.996. The summed E-state index contributed by atoms with van der Waals surface area (Å²) in [6.07, 6.45) is 4.65. The summed E-state index contributed by atoms with van der Waals surface area (Å²) in [6.45, 7) is 2.23. The molecule has 0 aliphatic carbocycles. The lowest BCUT2D eigenvalue weighted by molar-refractivity contribution is 0.795. The summed E-state index contributed by atoms with van der Waals surface area (Å²) in [7, 11) is 0. The first-order valence-electron chi connectivity index (χ1n) is 8.54. The number of rotatable bonds is 5. The topological polar surface area (TPSA) is 0 Å². The molecule has 2 aromatic carbocycles. The van der Waals surface area contributed by atoms with Crippen molar-refractivity contribution in [3.05, 3.63) is 93.2 Å². The lowest BCUT2D eigenvalue weighted by atomic mass is 10.0. The predicted molar refractivity (Wildman–Crippen MR) is 105 cm³/mol. The molecule has 0 radical (unpaired) electrons. The van der Waals surface area contributed by atoms with Crippen LogP contribution in [0, 0.1) is 11.8 Å². The molecule has 24 heavy (non-hydrogen) atoms. The van der Waals surface area contributed by atoms with E-state index in [-0.39, 0.29) is 0 Å². The van der Waals surface area contributed by atoms with Crippen LogP contribution in [-0.4, -0.2) is 0 Å². The Morgan fingerprint density at radius 1 is 0.750 bits per heavy atom. The zero-order valence-corrected chi connectivity index (χ0v) is 14.9. The largest absolute Gasteiger partial charge is 0.152 e. The van der Waals surface area contributed by atoms with Crippen LogP contribution in [0.3, 0.4) is 0 Å². The fourth-order valence-electron chi connectivity index (χ4n) is 2.61. The molecule has 1 heteroatoms. The SMILES string of the molecule is CCCCc1ccc(C#Cc2ccc(Cc3ccsc3)cc2)cc1. The maximum Gasteiger partial charge on any atom is 0.0249 e. The van der Waals surface area contributed by atoms with Crippen LogP contribution in [0.1, 0.15) is 47.6 Å². The van der Waals surface area contributed by atoms with Crippen LogP contribution in [0.15, 0.2) is 65.4 Å². The van der Waals surface area contributed by atoms with Gasteiger partial charge in [0.2, 0.25) is 0 Å². The monoisotopic (exact) mass is 330 g/mol. The van der Waals surface area contributed by atoms with E-state index in [1.807, 2.05) is 0 Å². The molecule has 3 rings (SSSR count). The van der Waals surface area contributed by atoms with E-state index < -0.39 is 0 Å². The van der Waals surface area contributed by atoms with Crippen molar-refractivity contribution in [2.75, 3.05) is 0 Å². The van der Waals surface area contributed by atoms with Crippen molar-refractivity contribution in [1.82, 2.24) is 0 Å². The van der Waals surface area contributed by atoms with Gasteiger partial charge in [-0.3, -0.25) is 0 Å². The van der Waals surface area contributed by atoms with E-state index in [1.54, 1.807) is 11.3 Å². The molecule has 0 aliphatic rings. The van der Waals surface area contributed by atoms with Gasteiger partial charge >= 0.3 is 0 Å². The Morgan fingerprint density at radius 3 is 1.92 bits per heavy atom. The Bertz CT molecular complexity index is 797. The minimum Gasteiger partial charge on any atom is -0.152 e. The molecule has 1 heterocycles. The predicted octanol–water partition coefficient (Wildman–Crippen LogP) is 6.08. The molecular formula is C23H22S. The summed E-state index contributed by atoms with van der Waals surface area (Å²) in [5, 5.41) is 4.33. The van der Waals surface area contributed by atoms with E-state index in [2.05, 4.69) is 84.1 Å². The molecule has 0 amide bonds. The van der Waals surface area contributed by atoms with Gasteiger partial charge in [0.1, 0.15) is 0 Å². The normalized spacial score (nSPS) is 10.2. The first-order chi connectivity index (χ1) is 11.8. The molecule has 0 N–H and O–H groups in total. The zero-order chi connectivity index (χ0) is 16.6.